The number of thiazole rings is 1. The molecule has 0 saturated heterocycles. The molecule has 0 bridgehead atoms. The Morgan fingerprint density at radius 1 is 1.10 bits per heavy atom. The van der Waals surface area contributed by atoms with Crippen LogP contribution in [0.1, 0.15) is 16.1 Å². The lowest BCUT2D eigenvalue weighted by molar-refractivity contribution is -0.116. The first-order chi connectivity index (χ1) is 14.6. The average Bonchev–Trinajstić information content (AvgIpc) is 3.36. The third kappa shape index (κ3) is 3.48. The lowest BCUT2D eigenvalue weighted by Crippen LogP contribution is -2.30. The second-order valence-corrected chi connectivity index (χ2v) is 9.51. The van der Waals surface area contributed by atoms with Crippen LogP contribution in [0.4, 0.5) is 5.69 Å². The van der Waals surface area contributed by atoms with Gasteiger partial charge in [0.1, 0.15) is 16.2 Å². The van der Waals surface area contributed by atoms with Crippen LogP contribution in [0.15, 0.2) is 53.6 Å². The van der Waals surface area contributed by atoms with E-state index >= 15 is 0 Å². The van der Waals surface area contributed by atoms with E-state index < -0.39 is 0 Å². The highest BCUT2D eigenvalue weighted by Gasteiger charge is 2.25. The summed E-state index contributed by atoms with van der Waals surface area (Å²) in [5.41, 5.74) is 6.18. The fourth-order valence-corrected chi connectivity index (χ4v) is 5.51. The summed E-state index contributed by atoms with van der Waals surface area (Å²) in [6, 6.07) is 16.4. The van der Waals surface area contributed by atoms with Gasteiger partial charge in [-0.2, -0.15) is 0 Å². The fraction of sp³-hybridized carbons (Fsp3) is 0.217. The predicted octanol–water partition coefficient (Wildman–Crippen LogP) is 5.05. The van der Waals surface area contributed by atoms with Crippen molar-refractivity contribution in [2.45, 2.75) is 25.3 Å². The van der Waals surface area contributed by atoms with Crippen LogP contribution in [0.2, 0.25) is 0 Å². The van der Waals surface area contributed by atoms with Crippen LogP contribution in [0, 0.1) is 13.8 Å². The molecular weight excluding hydrogens is 412 g/mol. The second-order valence-electron chi connectivity index (χ2n) is 7.34. The van der Waals surface area contributed by atoms with Crippen LogP contribution >= 0.6 is 23.1 Å². The number of benzene rings is 2. The van der Waals surface area contributed by atoms with Crippen molar-refractivity contribution in [1.29, 1.82) is 0 Å². The fourth-order valence-electron chi connectivity index (χ4n) is 3.72. The number of fused-ring (bicyclic) bond motifs is 2. The van der Waals surface area contributed by atoms with Crippen molar-refractivity contribution in [3.63, 3.8) is 0 Å². The maximum atomic E-state index is 12.9. The minimum atomic E-state index is 0.0921. The van der Waals surface area contributed by atoms with Gasteiger partial charge >= 0.3 is 0 Å². The number of anilines is 1. The van der Waals surface area contributed by atoms with E-state index in [4.69, 9.17) is 4.98 Å². The molecule has 1 amide bonds. The Kier molecular flexibility index (Phi) is 5.00. The zero-order chi connectivity index (χ0) is 20.7. The molecule has 0 aliphatic carbocycles. The second kappa shape index (κ2) is 7.81. The van der Waals surface area contributed by atoms with Crippen molar-refractivity contribution in [3.8, 4) is 11.3 Å². The first-order valence-corrected chi connectivity index (χ1v) is 11.6. The number of carbonyl (C=O) groups excluding carboxylic acids is 1. The molecule has 5 rings (SSSR count). The predicted molar refractivity (Wildman–Crippen MR) is 123 cm³/mol. The molecule has 2 aromatic heterocycles. The smallest absolute Gasteiger partial charge is 0.237 e. The highest BCUT2D eigenvalue weighted by atomic mass is 32.2. The van der Waals surface area contributed by atoms with Crippen molar-refractivity contribution >= 4 is 44.9 Å². The average molecular weight is 433 g/mol. The van der Waals surface area contributed by atoms with Gasteiger partial charge in [0, 0.05) is 17.8 Å². The summed E-state index contributed by atoms with van der Waals surface area (Å²) in [5.74, 6) is 0.410. The summed E-state index contributed by atoms with van der Waals surface area (Å²) in [7, 11) is 0. The quantitative estimate of drug-likeness (QED) is 0.422. The lowest BCUT2D eigenvalue weighted by Gasteiger charge is -2.16. The highest BCUT2D eigenvalue weighted by Crippen LogP contribution is 2.36. The molecule has 30 heavy (non-hydrogen) atoms. The molecule has 0 unspecified atom stereocenters. The standard InChI is InChI=1S/C23H20N4OS2/c1-14-7-9-17(10-8-14)20-22-21(24-15(2)30-22)23(26-25-20)29-13-19(28)27-12-11-16-5-3-4-6-18(16)27/h3-10H,11-13H2,1-2H3. The topological polar surface area (TPSA) is 59.0 Å². The number of hydrogen-bond donors (Lipinski definition) is 0. The minimum Gasteiger partial charge on any atom is -0.311 e. The number of carbonyl (C=O) groups is 1. The number of thioether (sulfide) groups is 1. The van der Waals surface area contributed by atoms with Gasteiger partial charge in [-0.25, -0.2) is 4.98 Å². The molecular formula is C23H20N4OS2. The maximum Gasteiger partial charge on any atom is 0.237 e. The van der Waals surface area contributed by atoms with Gasteiger partial charge in [-0.1, -0.05) is 59.8 Å². The van der Waals surface area contributed by atoms with Crippen molar-refractivity contribution in [1.82, 2.24) is 15.2 Å². The molecule has 3 heterocycles. The Morgan fingerprint density at radius 2 is 1.90 bits per heavy atom. The number of nitrogens with zero attached hydrogens (tertiary/aromatic N) is 4. The van der Waals surface area contributed by atoms with Gasteiger partial charge in [0.2, 0.25) is 5.91 Å². The van der Waals surface area contributed by atoms with E-state index in [0.29, 0.717) is 10.8 Å². The molecule has 4 aromatic rings. The Morgan fingerprint density at radius 3 is 2.73 bits per heavy atom. The SMILES string of the molecule is Cc1ccc(-c2nnc(SCC(=O)N3CCc4ccccc43)c3nc(C)sc23)cc1. The summed E-state index contributed by atoms with van der Waals surface area (Å²) in [4.78, 5) is 19.5. The Bertz CT molecular complexity index is 1250. The van der Waals surface area contributed by atoms with Crippen LogP contribution in [-0.2, 0) is 11.2 Å². The first kappa shape index (κ1) is 19.2. The molecule has 0 fully saturated rings. The zero-order valence-corrected chi connectivity index (χ0v) is 18.4. The molecule has 0 saturated carbocycles. The summed E-state index contributed by atoms with van der Waals surface area (Å²) in [6.45, 7) is 4.80. The van der Waals surface area contributed by atoms with Gasteiger partial charge in [0.05, 0.1) is 15.5 Å². The number of aryl methyl sites for hydroxylation is 2. The molecule has 0 radical (unpaired) electrons. The third-order valence-electron chi connectivity index (χ3n) is 5.24. The van der Waals surface area contributed by atoms with Gasteiger partial charge in [-0.3, -0.25) is 4.79 Å². The summed E-state index contributed by atoms with van der Waals surface area (Å²) in [6.07, 6.45) is 0.910. The monoisotopic (exact) mass is 432 g/mol. The van der Waals surface area contributed by atoms with Crippen molar-refractivity contribution in [2.75, 3.05) is 17.2 Å². The molecule has 150 valence electrons. The molecule has 2 aromatic carbocycles. The van der Waals surface area contributed by atoms with Crippen LogP contribution in [0.3, 0.4) is 0 Å². The third-order valence-corrected chi connectivity index (χ3v) is 7.16. The first-order valence-electron chi connectivity index (χ1n) is 9.82. The van der Waals surface area contributed by atoms with E-state index in [0.717, 1.165) is 45.1 Å². The van der Waals surface area contributed by atoms with E-state index in [1.165, 1.54) is 22.9 Å². The largest absolute Gasteiger partial charge is 0.311 e. The number of amides is 1. The van der Waals surface area contributed by atoms with E-state index in [9.17, 15) is 4.79 Å². The van der Waals surface area contributed by atoms with Gasteiger partial charge < -0.3 is 4.90 Å². The molecule has 1 aliphatic heterocycles. The van der Waals surface area contributed by atoms with Crippen LogP contribution in [0.25, 0.3) is 21.5 Å². The van der Waals surface area contributed by atoms with E-state index in [2.05, 4.69) is 47.5 Å². The van der Waals surface area contributed by atoms with Crippen molar-refractivity contribution in [2.24, 2.45) is 0 Å². The number of hydrogen-bond acceptors (Lipinski definition) is 6. The number of aromatic nitrogens is 3. The molecule has 5 nitrogen and oxygen atoms in total. The molecule has 0 atom stereocenters. The molecule has 7 heteroatoms. The van der Waals surface area contributed by atoms with Crippen LogP contribution in [0.5, 0.6) is 0 Å². The van der Waals surface area contributed by atoms with Crippen LogP contribution in [-0.4, -0.2) is 33.4 Å². The number of rotatable bonds is 4. The van der Waals surface area contributed by atoms with E-state index in [1.54, 1.807) is 11.3 Å². The van der Waals surface area contributed by atoms with Gasteiger partial charge in [0.15, 0.2) is 0 Å². The highest BCUT2D eigenvalue weighted by molar-refractivity contribution is 8.00. The normalized spacial score (nSPS) is 13.1. The summed E-state index contributed by atoms with van der Waals surface area (Å²) < 4.78 is 1.02. The Balaban J connectivity index is 1.41. The van der Waals surface area contributed by atoms with E-state index in [1.807, 2.05) is 30.0 Å². The summed E-state index contributed by atoms with van der Waals surface area (Å²) >= 11 is 3.04. The lowest BCUT2D eigenvalue weighted by atomic mass is 10.1. The molecule has 1 aliphatic rings. The number of para-hydroxylation sites is 1. The van der Waals surface area contributed by atoms with Crippen molar-refractivity contribution < 1.29 is 4.79 Å². The van der Waals surface area contributed by atoms with E-state index in [-0.39, 0.29) is 5.91 Å². The maximum absolute atomic E-state index is 12.9. The van der Waals surface area contributed by atoms with Gasteiger partial charge in [0.25, 0.3) is 0 Å². The minimum absolute atomic E-state index is 0.0921. The van der Waals surface area contributed by atoms with Crippen LogP contribution < -0.4 is 4.90 Å². The zero-order valence-electron chi connectivity index (χ0n) is 16.8. The van der Waals surface area contributed by atoms with Gasteiger partial charge in [-0.15, -0.1) is 21.5 Å². The van der Waals surface area contributed by atoms with Crippen molar-refractivity contribution in [3.05, 3.63) is 64.7 Å². The molecule has 0 spiro atoms. The molecule has 0 N–H and O–H groups in total. The Hall–Kier alpha value is -2.77. The van der Waals surface area contributed by atoms with Gasteiger partial charge in [-0.05, 0) is 31.9 Å². The Labute approximate surface area is 183 Å². The summed E-state index contributed by atoms with van der Waals surface area (Å²) in [5, 5.41) is 10.6.